The molecule has 0 radical (unpaired) electrons. The van der Waals surface area contributed by atoms with Gasteiger partial charge in [0, 0.05) is 19.6 Å². The zero-order valence-corrected chi connectivity index (χ0v) is 12.2. The maximum atomic E-state index is 12.3. The Morgan fingerprint density at radius 2 is 1.89 bits per heavy atom. The molecule has 0 bridgehead atoms. The molecule has 1 atom stereocenters. The third-order valence-electron chi connectivity index (χ3n) is 3.25. The molecule has 1 rings (SSSR count). The van der Waals surface area contributed by atoms with Gasteiger partial charge in [-0.25, -0.2) is 5.01 Å². The number of nitrogens with two attached hydrogens (primary N) is 1. The van der Waals surface area contributed by atoms with E-state index in [1.54, 1.807) is 5.01 Å². The minimum Gasteiger partial charge on any atom is -0.342 e. The number of benzene rings is 1. The molecule has 19 heavy (non-hydrogen) atoms. The fraction of sp³-hybridized carbons (Fsp3) is 0.533. The topological polar surface area (TPSA) is 49.6 Å². The van der Waals surface area contributed by atoms with Crippen LogP contribution in [0.15, 0.2) is 30.3 Å². The van der Waals surface area contributed by atoms with E-state index in [0.717, 1.165) is 25.1 Å². The van der Waals surface area contributed by atoms with Gasteiger partial charge in [-0.3, -0.25) is 10.6 Å². The molecule has 0 saturated heterocycles. The predicted molar refractivity (Wildman–Crippen MR) is 78.2 cm³/mol. The first-order chi connectivity index (χ1) is 9.10. The van der Waals surface area contributed by atoms with Crippen LogP contribution in [0.25, 0.3) is 0 Å². The van der Waals surface area contributed by atoms with E-state index in [4.69, 9.17) is 5.84 Å². The lowest BCUT2D eigenvalue weighted by molar-refractivity contribution is -0.136. The van der Waals surface area contributed by atoms with Gasteiger partial charge in [0.1, 0.15) is 6.04 Å². The second kappa shape index (κ2) is 7.92. The Morgan fingerprint density at radius 3 is 2.42 bits per heavy atom. The smallest absolute Gasteiger partial charge is 0.241 e. The minimum absolute atomic E-state index is 0.0998. The standard InChI is InChI=1S/C15H25N3O/c1-4-11-17(5-2)15(19)13(3)18(16)12-14-9-7-6-8-10-14/h6-10,13H,4-5,11-12,16H2,1-3H3. The van der Waals surface area contributed by atoms with E-state index in [9.17, 15) is 4.79 Å². The summed E-state index contributed by atoms with van der Waals surface area (Å²) in [6.45, 7) is 8.04. The van der Waals surface area contributed by atoms with Crippen molar-refractivity contribution >= 4 is 5.91 Å². The number of hydrogen-bond acceptors (Lipinski definition) is 3. The van der Waals surface area contributed by atoms with Crippen molar-refractivity contribution in [3.05, 3.63) is 35.9 Å². The van der Waals surface area contributed by atoms with E-state index in [1.165, 1.54) is 0 Å². The van der Waals surface area contributed by atoms with Gasteiger partial charge in [-0.2, -0.15) is 0 Å². The summed E-state index contributed by atoms with van der Waals surface area (Å²) in [5, 5.41) is 1.61. The van der Waals surface area contributed by atoms with Crippen LogP contribution in [0, 0.1) is 0 Å². The third kappa shape index (κ3) is 4.65. The first kappa shape index (κ1) is 15.7. The molecule has 106 valence electrons. The van der Waals surface area contributed by atoms with Crippen molar-refractivity contribution in [1.82, 2.24) is 9.91 Å². The van der Waals surface area contributed by atoms with Crippen molar-refractivity contribution in [3.8, 4) is 0 Å². The van der Waals surface area contributed by atoms with Gasteiger partial charge in [0.25, 0.3) is 0 Å². The molecule has 0 aliphatic carbocycles. The highest BCUT2D eigenvalue weighted by Gasteiger charge is 2.22. The number of amides is 1. The average molecular weight is 263 g/mol. The van der Waals surface area contributed by atoms with Crippen molar-refractivity contribution in [1.29, 1.82) is 0 Å². The molecule has 0 aromatic heterocycles. The number of carbonyl (C=O) groups is 1. The third-order valence-corrected chi connectivity index (χ3v) is 3.25. The summed E-state index contributed by atoms with van der Waals surface area (Å²) in [5.74, 6) is 6.12. The monoisotopic (exact) mass is 263 g/mol. The van der Waals surface area contributed by atoms with Crippen LogP contribution in [0.4, 0.5) is 0 Å². The van der Waals surface area contributed by atoms with Crippen molar-refractivity contribution < 1.29 is 4.79 Å². The van der Waals surface area contributed by atoms with E-state index < -0.39 is 0 Å². The van der Waals surface area contributed by atoms with Gasteiger partial charge in [0.05, 0.1) is 0 Å². The van der Waals surface area contributed by atoms with Gasteiger partial charge in [-0.05, 0) is 25.8 Å². The van der Waals surface area contributed by atoms with Crippen LogP contribution >= 0.6 is 0 Å². The van der Waals surface area contributed by atoms with Crippen molar-refractivity contribution in [2.75, 3.05) is 13.1 Å². The second-order valence-corrected chi connectivity index (χ2v) is 4.75. The molecule has 4 heteroatoms. The van der Waals surface area contributed by atoms with Gasteiger partial charge >= 0.3 is 0 Å². The van der Waals surface area contributed by atoms with Crippen molar-refractivity contribution in [3.63, 3.8) is 0 Å². The summed E-state index contributed by atoms with van der Waals surface area (Å²) in [6.07, 6.45) is 0.968. The average Bonchev–Trinajstić information content (AvgIpc) is 2.44. The lowest BCUT2D eigenvalue weighted by Gasteiger charge is -2.29. The summed E-state index contributed by atoms with van der Waals surface area (Å²) in [5.41, 5.74) is 1.11. The molecule has 0 spiro atoms. The highest BCUT2D eigenvalue weighted by atomic mass is 16.2. The maximum absolute atomic E-state index is 12.3. The molecular weight excluding hydrogens is 238 g/mol. The molecule has 2 N–H and O–H groups in total. The van der Waals surface area contributed by atoms with Crippen LogP contribution in [0.2, 0.25) is 0 Å². The Balaban J connectivity index is 2.60. The van der Waals surface area contributed by atoms with Crippen LogP contribution in [0.3, 0.4) is 0 Å². The molecule has 1 aromatic carbocycles. The maximum Gasteiger partial charge on any atom is 0.241 e. The first-order valence-corrected chi connectivity index (χ1v) is 6.94. The molecule has 1 unspecified atom stereocenters. The number of carbonyl (C=O) groups excluding carboxylic acids is 1. The largest absolute Gasteiger partial charge is 0.342 e. The van der Waals surface area contributed by atoms with E-state index in [2.05, 4.69) is 6.92 Å². The lowest BCUT2D eigenvalue weighted by Crippen LogP contribution is -2.50. The fourth-order valence-electron chi connectivity index (χ4n) is 2.03. The summed E-state index contributed by atoms with van der Waals surface area (Å²) >= 11 is 0. The molecule has 4 nitrogen and oxygen atoms in total. The number of nitrogens with zero attached hydrogens (tertiary/aromatic N) is 2. The highest BCUT2D eigenvalue weighted by molar-refractivity contribution is 5.81. The molecule has 0 saturated carbocycles. The van der Waals surface area contributed by atoms with Crippen LogP contribution in [-0.2, 0) is 11.3 Å². The van der Waals surface area contributed by atoms with Gasteiger partial charge < -0.3 is 4.90 Å². The molecule has 0 aliphatic rings. The molecule has 1 aromatic rings. The zero-order chi connectivity index (χ0) is 14.3. The van der Waals surface area contributed by atoms with Crippen LogP contribution < -0.4 is 5.84 Å². The van der Waals surface area contributed by atoms with Gasteiger partial charge in [-0.15, -0.1) is 0 Å². The van der Waals surface area contributed by atoms with E-state index in [0.29, 0.717) is 6.54 Å². The summed E-state index contributed by atoms with van der Waals surface area (Å²) in [6, 6.07) is 9.66. The lowest BCUT2D eigenvalue weighted by atomic mass is 10.2. The number of hydrogen-bond donors (Lipinski definition) is 1. The minimum atomic E-state index is -0.299. The Hall–Kier alpha value is -1.39. The normalized spacial score (nSPS) is 12.5. The molecule has 1 amide bonds. The Kier molecular flexibility index (Phi) is 6.53. The summed E-state index contributed by atoms with van der Waals surface area (Å²) in [4.78, 5) is 14.2. The first-order valence-electron chi connectivity index (χ1n) is 6.94. The predicted octanol–water partition coefficient (Wildman–Crippen LogP) is 2.01. The fourth-order valence-corrected chi connectivity index (χ4v) is 2.03. The summed E-state index contributed by atoms with van der Waals surface area (Å²) in [7, 11) is 0. The molecule has 0 fully saturated rings. The SMILES string of the molecule is CCCN(CC)C(=O)C(C)N(N)Cc1ccccc1. The van der Waals surface area contributed by atoms with E-state index >= 15 is 0 Å². The van der Waals surface area contributed by atoms with Gasteiger partial charge in [0.2, 0.25) is 5.91 Å². The molecular formula is C15H25N3O. The quantitative estimate of drug-likeness (QED) is 0.605. The number of rotatable bonds is 7. The van der Waals surface area contributed by atoms with Crippen molar-refractivity contribution in [2.45, 2.75) is 39.8 Å². The zero-order valence-electron chi connectivity index (χ0n) is 12.2. The molecule has 0 heterocycles. The molecule has 0 aliphatic heterocycles. The van der Waals surface area contributed by atoms with Gasteiger partial charge in [0.15, 0.2) is 0 Å². The Bertz CT molecular complexity index is 380. The Morgan fingerprint density at radius 1 is 1.26 bits per heavy atom. The number of hydrazine groups is 1. The van der Waals surface area contributed by atoms with Crippen LogP contribution in [0.1, 0.15) is 32.8 Å². The second-order valence-electron chi connectivity index (χ2n) is 4.75. The van der Waals surface area contributed by atoms with Crippen molar-refractivity contribution in [2.24, 2.45) is 5.84 Å². The number of likely N-dealkylation sites (N-methyl/N-ethyl adjacent to an activating group) is 1. The van der Waals surface area contributed by atoms with Crippen LogP contribution in [0.5, 0.6) is 0 Å². The van der Waals surface area contributed by atoms with E-state index in [1.807, 2.05) is 49.1 Å². The van der Waals surface area contributed by atoms with Crippen LogP contribution in [-0.4, -0.2) is 34.9 Å². The van der Waals surface area contributed by atoms with E-state index in [-0.39, 0.29) is 11.9 Å². The Labute approximate surface area is 116 Å². The highest BCUT2D eigenvalue weighted by Crippen LogP contribution is 2.07. The summed E-state index contributed by atoms with van der Waals surface area (Å²) < 4.78 is 0. The van der Waals surface area contributed by atoms with Gasteiger partial charge in [-0.1, -0.05) is 37.3 Å².